The number of piperidine rings is 1. The third-order valence-corrected chi connectivity index (χ3v) is 8.01. The highest BCUT2D eigenvalue weighted by Crippen LogP contribution is 2.30. The van der Waals surface area contributed by atoms with Gasteiger partial charge in [-0.25, -0.2) is 19.8 Å². The van der Waals surface area contributed by atoms with Crippen molar-refractivity contribution >= 4 is 41.0 Å². The van der Waals surface area contributed by atoms with Gasteiger partial charge < -0.3 is 31.4 Å². The van der Waals surface area contributed by atoms with Gasteiger partial charge in [0.25, 0.3) is 5.91 Å². The number of nitrogens with zero attached hydrogens (tertiary/aromatic N) is 8. The lowest BCUT2D eigenvalue weighted by molar-refractivity contribution is -0.170. The van der Waals surface area contributed by atoms with Gasteiger partial charge in [-0.3, -0.25) is 20.7 Å². The van der Waals surface area contributed by atoms with Crippen molar-refractivity contribution in [1.82, 2.24) is 30.5 Å². The third-order valence-electron chi connectivity index (χ3n) is 7.75. The van der Waals surface area contributed by atoms with Crippen molar-refractivity contribution < 1.29 is 23.9 Å². The molecule has 1 aromatic carbocycles. The maximum Gasteiger partial charge on any atom is 0.350 e. The molecule has 1 spiro atoms. The lowest BCUT2D eigenvalue weighted by Crippen LogP contribution is -2.57. The third kappa shape index (κ3) is 9.09. The van der Waals surface area contributed by atoms with Crippen molar-refractivity contribution in [1.29, 1.82) is 0 Å². The second kappa shape index (κ2) is 14.7. The number of ether oxygens (including phenoxy) is 2. The van der Waals surface area contributed by atoms with Gasteiger partial charge in [-0.15, -0.1) is 10.2 Å². The Kier molecular flexibility index (Phi) is 11.1. The number of carbonyl (C=O) groups is 3. The van der Waals surface area contributed by atoms with Crippen molar-refractivity contribution in [3.8, 4) is 5.75 Å². The molecular weight excluding hydrogens is 646 g/mol. The predicted octanol–water partition coefficient (Wildman–Crippen LogP) is 2.33. The van der Waals surface area contributed by atoms with E-state index in [9.17, 15) is 14.4 Å². The molecule has 1 aromatic heterocycles. The summed E-state index contributed by atoms with van der Waals surface area (Å²) in [5, 5.41) is 20.8. The molecule has 2 saturated heterocycles. The number of likely N-dealkylation sites (tertiary alicyclic amines) is 1. The molecule has 0 saturated carbocycles. The number of rotatable bonds is 10. The molecule has 260 valence electrons. The Morgan fingerprint density at radius 2 is 1.67 bits per heavy atom. The van der Waals surface area contributed by atoms with E-state index in [0.29, 0.717) is 51.1 Å². The number of halogens is 1. The summed E-state index contributed by atoms with van der Waals surface area (Å²) in [5.41, 5.74) is -1.50. The minimum atomic E-state index is -1.16. The Morgan fingerprint density at radius 3 is 2.27 bits per heavy atom. The number of hydrogen-bond acceptors (Lipinski definition) is 14. The van der Waals surface area contributed by atoms with Crippen LogP contribution in [-0.4, -0.2) is 80.3 Å². The zero-order valence-electron chi connectivity index (χ0n) is 27.6. The average Bonchev–Trinajstić information content (AvgIpc) is 3.30. The van der Waals surface area contributed by atoms with E-state index in [0.717, 1.165) is 5.56 Å². The predicted molar refractivity (Wildman–Crippen MR) is 174 cm³/mol. The van der Waals surface area contributed by atoms with Crippen LogP contribution in [0.15, 0.2) is 44.9 Å². The molecule has 0 bridgehead atoms. The Labute approximate surface area is 282 Å². The molecule has 1 atom stereocenters. The fourth-order valence-electron chi connectivity index (χ4n) is 5.32. The molecule has 1 unspecified atom stereocenters. The molecule has 48 heavy (non-hydrogen) atoms. The van der Waals surface area contributed by atoms with Crippen molar-refractivity contribution in [3.63, 3.8) is 0 Å². The van der Waals surface area contributed by atoms with Gasteiger partial charge in [-0.1, -0.05) is 34.2 Å². The lowest BCUT2D eigenvalue weighted by Gasteiger charge is -2.39. The minimum absolute atomic E-state index is 0.0401. The van der Waals surface area contributed by atoms with Crippen LogP contribution in [0, 0.1) is 0 Å². The van der Waals surface area contributed by atoms with E-state index in [4.69, 9.17) is 38.6 Å². The number of aromatic nitrogens is 2. The van der Waals surface area contributed by atoms with E-state index in [1.165, 1.54) is 5.01 Å². The second-order valence-corrected chi connectivity index (χ2v) is 13.4. The highest BCUT2D eigenvalue weighted by atomic mass is 35.5. The number of nitrogens with two attached hydrogens (primary N) is 3. The first-order valence-electron chi connectivity index (χ1n) is 15.2. The summed E-state index contributed by atoms with van der Waals surface area (Å²) >= 11 is 6.07. The van der Waals surface area contributed by atoms with Gasteiger partial charge in [0.05, 0.1) is 0 Å². The van der Waals surface area contributed by atoms with Gasteiger partial charge >= 0.3 is 5.97 Å². The highest BCUT2D eigenvalue weighted by molar-refractivity contribution is 6.31. The van der Waals surface area contributed by atoms with Gasteiger partial charge in [-0.2, -0.15) is 0 Å². The number of amides is 2. The van der Waals surface area contributed by atoms with Crippen LogP contribution in [0.2, 0.25) is 5.15 Å². The monoisotopic (exact) mass is 687 g/mol. The Hall–Kier alpha value is -4.52. The van der Waals surface area contributed by atoms with Crippen LogP contribution < -0.4 is 32.9 Å². The van der Waals surface area contributed by atoms with Crippen LogP contribution in [0.3, 0.4) is 0 Å². The first kappa shape index (κ1) is 36.3. The summed E-state index contributed by atoms with van der Waals surface area (Å²) < 4.78 is 11.4. The maximum absolute atomic E-state index is 13.1. The molecule has 2 amide bonds. The van der Waals surface area contributed by atoms with Gasteiger partial charge in [0.2, 0.25) is 17.5 Å². The van der Waals surface area contributed by atoms with E-state index in [1.54, 1.807) is 46.8 Å². The van der Waals surface area contributed by atoms with Gasteiger partial charge in [0.1, 0.15) is 17.6 Å². The molecule has 4 rings (SSSR count). The quantitative estimate of drug-likeness (QED) is 0.104. The van der Waals surface area contributed by atoms with Gasteiger partial charge in [0, 0.05) is 31.6 Å². The normalized spacial score (nSPS) is 18.5. The number of hydrogen-bond donors (Lipinski definition) is 5. The number of carbonyl (C=O) groups excluding carboxylic acids is 3. The first-order chi connectivity index (χ1) is 22.5. The Balaban J connectivity index is 1.27. The van der Waals surface area contributed by atoms with Crippen molar-refractivity contribution in [2.24, 2.45) is 38.2 Å². The van der Waals surface area contributed by atoms with Crippen molar-refractivity contribution in [2.45, 2.75) is 83.3 Å². The molecular formula is C29H42ClN13O5. The van der Waals surface area contributed by atoms with Crippen LogP contribution in [0.5, 0.6) is 5.75 Å². The molecule has 3 heterocycles. The minimum Gasteiger partial charge on any atom is -0.476 e. The van der Waals surface area contributed by atoms with Crippen LogP contribution in [0.4, 0.5) is 11.6 Å². The lowest BCUT2D eigenvalue weighted by atomic mass is 9.88. The molecule has 2 fully saturated rings. The molecule has 2 aromatic rings. The highest BCUT2D eigenvalue weighted by Gasteiger charge is 2.45. The van der Waals surface area contributed by atoms with Crippen molar-refractivity contribution in [3.05, 3.63) is 40.7 Å². The van der Waals surface area contributed by atoms with Crippen LogP contribution in [0.1, 0.15) is 69.9 Å². The van der Waals surface area contributed by atoms with Crippen LogP contribution in [0.25, 0.3) is 0 Å². The molecule has 18 nitrogen and oxygen atoms in total. The first-order valence-corrected chi connectivity index (χ1v) is 15.6. The SMILES string of the molecule is CC(C)(C)OC(=O)C(C)(C)Oc1ccc(CCC(=O)N2CCC3(CC2)CN(N)C(NC(=O)c2nc(Cl)c(N=NN)nc2N=NN)N3)cc1. The van der Waals surface area contributed by atoms with Gasteiger partial charge in [-0.05, 0) is 71.6 Å². The fourth-order valence-corrected chi connectivity index (χ4v) is 5.49. The summed E-state index contributed by atoms with van der Waals surface area (Å²) in [4.78, 5) is 48.6. The molecule has 0 radical (unpaired) electrons. The molecule has 2 aliphatic rings. The summed E-state index contributed by atoms with van der Waals surface area (Å²) in [6.45, 7) is 10.2. The summed E-state index contributed by atoms with van der Waals surface area (Å²) in [7, 11) is 0. The Morgan fingerprint density at radius 1 is 1.04 bits per heavy atom. The van der Waals surface area contributed by atoms with E-state index >= 15 is 0 Å². The number of benzene rings is 1. The Bertz CT molecular complexity index is 1550. The summed E-state index contributed by atoms with van der Waals surface area (Å²) in [6, 6.07) is 7.33. The maximum atomic E-state index is 13.1. The van der Waals surface area contributed by atoms with E-state index in [2.05, 4.69) is 41.3 Å². The number of nitrogens with one attached hydrogen (secondary N) is 2. The van der Waals surface area contributed by atoms with Crippen molar-refractivity contribution in [2.75, 3.05) is 19.6 Å². The number of aryl methyl sites for hydroxylation is 1. The van der Waals surface area contributed by atoms with Gasteiger partial charge in [0.15, 0.2) is 16.4 Å². The zero-order chi connectivity index (χ0) is 35.3. The van der Waals surface area contributed by atoms with Crippen LogP contribution in [-0.2, 0) is 20.7 Å². The van der Waals surface area contributed by atoms with E-state index in [1.807, 2.05) is 17.0 Å². The molecule has 0 aliphatic carbocycles. The molecule has 2 aliphatic heterocycles. The van der Waals surface area contributed by atoms with E-state index < -0.39 is 34.9 Å². The van der Waals surface area contributed by atoms with Crippen LogP contribution >= 0.6 is 11.6 Å². The largest absolute Gasteiger partial charge is 0.476 e. The molecule has 8 N–H and O–H groups in total. The summed E-state index contributed by atoms with van der Waals surface area (Å²) in [6.07, 6.45) is 1.37. The second-order valence-electron chi connectivity index (χ2n) is 13.1. The number of esters is 1. The fraction of sp³-hybridized carbons (Fsp3) is 0.552. The smallest absolute Gasteiger partial charge is 0.350 e. The molecule has 19 heteroatoms. The summed E-state index contributed by atoms with van der Waals surface area (Å²) in [5.74, 6) is 15.5. The average molecular weight is 688 g/mol. The zero-order valence-corrected chi connectivity index (χ0v) is 28.3. The standard InChI is InChI=1S/C29H42ClN13O5/c1-27(2,3)48-25(46)28(4,5)47-18-9-6-17(7-10-18)8-11-19(44)42-14-12-29(13-15-42)16-43(33)26(37-29)36-24(45)20-22(38-40-31)35-23(39-41-32)21(30)34-20/h6-7,9-10,26,37H,8,11-16,33H2,1-5H3,(H,36,45)(H4,31,32,35,38,39). The topological polar surface area (TPSA) is 253 Å². The number of hydrazine groups is 1. The van der Waals surface area contributed by atoms with E-state index in [-0.39, 0.29) is 28.4 Å².